The van der Waals surface area contributed by atoms with Crippen molar-refractivity contribution in [2.45, 2.75) is 65.2 Å². The fourth-order valence-electron chi connectivity index (χ4n) is 2.70. The van der Waals surface area contributed by atoms with Crippen LogP contribution >= 0.6 is 0 Å². The van der Waals surface area contributed by atoms with Crippen LogP contribution in [0.3, 0.4) is 0 Å². The molecule has 2 heterocycles. The Morgan fingerprint density at radius 1 is 1.38 bits per heavy atom. The van der Waals surface area contributed by atoms with Gasteiger partial charge in [0.2, 0.25) is 11.8 Å². The molecule has 0 saturated carbocycles. The van der Waals surface area contributed by atoms with E-state index in [1.807, 2.05) is 11.8 Å². The Morgan fingerprint density at radius 3 is 2.71 bits per heavy atom. The van der Waals surface area contributed by atoms with Crippen LogP contribution in [0.2, 0.25) is 0 Å². The molecule has 1 unspecified atom stereocenters. The maximum absolute atomic E-state index is 12.2. The summed E-state index contributed by atoms with van der Waals surface area (Å²) in [4.78, 5) is 18.7. The Hall–Kier alpha value is -1.39. The first-order valence-corrected chi connectivity index (χ1v) is 8.26. The number of piperidine rings is 1. The fourth-order valence-corrected chi connectivity index (χ4v) is 2.70. The van der Waals surface area contributed by atoms with Gasteiger partial charge in [0.05, 0.1) is 0 Å². The van der Waals surface area contributed by atoms with Crippen LogP contribution in [0.4, 0.5) is 0 Å². The molecule has 0 aromatic carbocycles. The van der Waals surface area contributed by atoms with Gasteiger partial charge in [-0.1, -0.05) is 32.3 Å². The third kappa shape index (κ3) is 4.05. The van der Waals surface area contributed by atoms with Crippen molar-refractivity contribution in [2.75, 3.05) is 13.1 Å². The molecule has 5 nitrogen and oxygen atoms in total. The number of likely N-dealkylation sites (tertiary alicyclic amines) is 1. The van der Waals surface area contributed by atoms with Crippen LogP contribution in [-0.2, 0) is 11.2 Å². The van der Waals surface area contributed by atoms with Crippen LogP contribution in [0.5, 0.6) is 0 Å². The molecule has 0 spiro atoms. The predicted octanol–water partition coefficient (Wildman–Crippen LogP) is 3.16. The number of carbonyl (C=O) groups excluding carboxylic acids is 1. The molecule has 0 N–H and O–H groups in total. The van der Waals surface area contributed by atoms with Crippen molar-refractivity contribution >= 4 is 5.91 Å². The minimum absolute atomic E-state index is 0.130. The Balaban J connectivity index is 1.86. The molecule has 118 valence electrons. The second-order valence-corrected chi connectivity index (χ2v) is 6.06. The normalized spacial score (nSPS) is 18.0. The molecular formula is C16H27N3O2. The van der Waals surface area contributed by atoms with Gasteiger partial charge in [0.25, 0.3) is 0 Å². The molecule has 1 aromatic rings. The van der Waals surface area contributed by atoms with Gasteiger partial charge in [-0.3, -0.25) is 4.79 Å². The lowest BCUT2D eigenvalue weighted by Gasteiger charge is -2.32. The van der Waals surface area contributed by atoms with Crippen molar-refractivity contribution in [1.82, 2.24) is 15.0 Å². The second kappa shape index (κ2) is 7.57. The van der Waals surface area contributed by atoms with Gasteiger partial charge < -0.3 is 9.42 Å². The Morgan fingerprint density at radius 2 is 2.10 bits per heavy atom. The van der Waals surface area contributed by atoms with Gasteiger partial charge in [-0.15, -0.1) is 0 Å². The number of rotatable bonds is 6. The highest BCUT2D eigenvalue weighted by Gasteiger charge is 2.28. The molecule has 0 aliphatic carbocycles. The van der Waals surface area contributed by atoms with Crippen LogP contribution < -0.4 is 0 Å². The second-order valence-electron chi connectivity index (χ2n) is 6.06. The molecule has 21 heavy (non-hydrogen) atoms. The van der Waals surface area contributed by atoms with Gasteiger partial charge in [0.15, 0.2) is 5.82 Å². The molecule has 1 aliphatic heterocycles. The number of hydrogen-bond acceptors (Lipinski definition) is 4. The molecule has 1 amide bonds. The summed E-state index contributed by atoms with van der Waals surface area (Å²) in [7, 11) is 0. The van der Waals surface area contributed by atoms with E-state index in [9.17, 15) is 4.79 Å². The Kier molecular flexibility index (Phi) is 5.76. The van der Waals surface area contributed by atoms with Crippen LogP contribution in [0.1, 0.15) is 70.5 Å². The predicted molar refractivity (Wildman–Crippen MR) is 80.9 cm³/mol. The number of aromatic nitrogens is 2. The maximum atomic E-state index is 12.2. The average molecular weight is 293 g/mol. The van der Waals surface area contributed by atoms with E-state index in [4.69, 9.17) is 4.52 Å². The van der Waals surface area contributed by atoms with Crippen LogP contribution in [0.25, 0.3) is 0 Å². The molecule has 0 bridgehead atoms. The number of carbonyl (C=O) groups is 1. The number of nitrogens with zero attached hydrogens (tertiary/aromatic N) is 3. The van der Waals surface area contributed by atoms with E-state index in [2.05, 4.69) is 24.0 Å². The lowest BCUT2D eigenvalue weighted by atomic mass is 9.95. The molecule has 5 heteroatoms. The highest BCUT2D eigenvalue weighted by Crippen LogP contribution is 2.27. The number of hydrogen-bond donors (Lipinski definition) is 0. The lowest BCUT2D eigenvalue weighted by Crippen LogP contribution is -2.40. The van der Waals surface area contributed by atoms with Crippen molar-refractivity contribution in [3.8, 4) is 0 Å². The fraction of sp³-hybridized carbons (Fsp3) is 0.812. The van der Waals surface area contributed by atoms with E-state index in [0.29, 0.717) is 5.92 Å². The highest BCUT2D eigenvalue weighted by atomic mass is 16.5. The highest BCUT2D eigenvalue weighted by molar-refractivity contribution is 5.78. The zero-order valence-electron chi connectivity index (χ0n) is 13.5. The maximum Gasteiger partial charge on any atom is 0.229 e. The quantitative estimate of drug-likeness (QED) is 0.808. The third-order valence-corrected chi connectivity index (χ3v) is 4.43. The SMILES string of the molecule is CCCCc1noc(C2CCN(C(=O)C(C)CC)CC2)n1. The van der Waals surface area contributed by atoms with E-state index >= 15 is 0 Å². The van der Waals surface area contributed by atoms with Gasteiger partial charge in [-0.05, 0) is 25.7 Å². The lowest BCUT2D eigenvalue weighted by molar-refractivity contribution is -0.136. The first kappa shape index (κ1) is 16.0. The summed E-state index contributed by atoms with van der Waals surface area (Å²) in [5.74, 6) is 2.31. The number of aryl methyl sites for hydroxylation is 1. The molecular weight excluding hydrogens is 266 g/mol. The van der Waals surface area contributed by atoms with E-state index in [1.165, 1.54) is 0 Å². The van der Waals surface area contributed by atoms with Gasteiger partial charge in [-0.2, -0.15) is 4.98 Å². The molecule has 0 radical (unpaired) electrons. The third-order valence-electron chi connectivity index (χ3n) is 4.43. The Labute approximate surface area is 127 Å². The van der Waals surface area contributed by atoms with Crippen LogP contribution in [0.15, 0.2) is 4.52 Å². The van der Waals surface area contributed by atoms with Crippen molar-refractivity contribution in [3.05, 3.63) is 11.7 Å². The minimum atomic E-state index is 0.130. The zero-order valence-corrected chi connectivity index (χ0v) is 13.5. The van der Waals surface area contributed by atoms with Crippen molar-refractivity contribution in [1.29, 1.82) is 0 Å². The summed E-state index contributed by atoms with van der Waals surface area (Å²) >= 11 is 0. The minimum Gasteiger partial charge on any atom is -0.342 e. The van der Waals surface area contributed by atoms with Crippen LogP contribution in [-0.4, -0.2) is 34.0 Å². The monoisotopic (exact) mass is 293 g/mol. The smallest absolute Gasteiger partial charge is 0.229 e. The Bertz CT molecular complexity index is 450. The number of unbranched alkanes of at least 4 members (excludes halogenated alkanes) is 1. The summed E-state index contributed by atoms with van der Waals surface area (Å²) in [5.41, 5.74) is 0. The standard InChI is InChI=1S/C16H27N3O2/c1-4-6-7-14-17-15(21-18-14)13-8-10-19(11-9-13)16(20)12(3)5-2/h12-13H,4-11H2,1-3H3. The molecule has 2 rings (SSSR count). The van der Waals surface area contributed by atoms with Crippen molar-refractivity contribution in [3.63, 3.8) is 0 Å². The van der Waals surface area contributed by atoms with Gasteiger partial charge in [0.1, 0.15) is 0 Å². The van der Waals surface area contributed by atoms with Crippen molar-refractivity contribution in [2.24, 2.45) is 5.92 Å². The summed E-state index contributed by atoms with van der Waals surface area (Å²) in [6.07, 6.45) is 5.89. The van der Waals surface area contributed by atoms with Crippen molar-refractivity contribution < 1.29 is 9.32 Å². The molecule has 1 aromatic heterocycles. The van der Waals surface area contributed by atoms with E-state index < -0.39 is 0 Å². The summed E-state index contributed by atoms with van der Waals surface area (Å²) in [6, 6.07) is 0. The average Bonchev–Trinajstić information content (AvgIpc) is 3.00. The largest absolute Gasteiger partial charge is 0.342 e. The zero-order chi connectivity index (χ0) is 15.2. The van der Waals surface area contributed by atoms with E-state index in [-0.39, 0.29) is 11.8 Å². The van der Waals surface area contributed by atoms with E-state index in [1.54, 1.807) is 0 Å². The molecule has 1 aliphatic rings. The van der Waals surface area contributed by atoms with E-state index in [0.717, 1.165) is 63.3 Å². The molecule has 1 atom stereocenters. The molecule has 1 fully saturated rings. The summed E-state index contributed by atoms with van der Waals surface area (Å²) in [6.45, 7) is 7.84. The molecule has 1 saturated heterocycles. The summed E-state index contributed by atoms with van der Waals surface area (Å²) < 4.78 is 5.40. The van der Waals surface area contributed by atoms with Crippen LogP contribution in [0, 0.1) is 5.92 Å². The van der Waals surface area contributed by atoms with Gasteiger partial charge >= 0.3 is 0 Å². The van der Waals surface area contributed by atoms with Gasteiger partial charge in [0, 0.05) is 31.3 Å². The number of amides is 1. The first-order chi connectivity index (χ1) is 10.2. The van der Waals surface area contributed by atoms with Gasteiger partial charge in [-0.25, -0.2) is 0 Å². The summed E-state index contributed by atoms with van der Waals surface area (Å²) in [5, 5.41) is 4.06. The topological polar surface area (TPSA) is 59.2 Å². The first-order valence-electron chi connectivity index (χ1n) is 8.26.